The molecule has 30 heavy (non-hydrogen) atoms. The standard InChI is InChI=1S/C25H25N3O2/c1-27(2)22-10-6-9-21(16-22)24(29)26-17-18-11-12-23-20(15-18)13-14-28(23)25(30)19-7-4-3-5-8-19/h3-12,15-16H,13-14,17H2,1-2H3,(H,26,29). The first-order valence-corrected chi connectivity index (χ1v) is 10.1. The largest absolute Gasteiger partial charge is 0.378 e. The highest BCUT2D eigenvalue weighted by Gasteiger charge is 2.25. The molecule has 0 radical (unpaired) electrons. The summed E-state index contributed by atoms with van der Waals surface area (Å²) in [6.07, 6.45) is 0.820. The molecule has 0 saturated carbocycles. The summed E-state index contributed by atoms with van der Waals surface area (Å²) in [5.41, 5.74) is 5.45. The van der Waals surface area contributed by atoms with Crippen LogP contribution in [0.2, 0.25) is 0 Å². The lowest BCUT2D eigenvalue weighted by atomic mass is 10.1. The lowest BCUT2D eigenvalue weighted by Gasteiger charge is -2.18. The van der Waals surface area contributed by atoms with Crippen LogP contribution in [-0.4, -0.2) is 32.5 Å². The summed E-state index contributed by atoms with van der Waals surface area (Å²) in [4.78, 5) is 29.2. The van der Waals surface area contributed by atoms with Gasteiger partial charge in [0.1, 0.15) is 0 Å². The quantitative estimate of drug-likeness (QED) is 0.708. The number of nitrogens with one attached hydrogen (secondary N) is 1. The van der Waals surface area contributed by atoms with Crippen molar-refractivity contribution in [1.29, 1.82) is 0 Å². The number of nitrogens with zero attached hydrogens (tertiary/aromatic N) is 2. The average Bonchev–Trinajstić information content (AvgIpc) is 3.21. The number of hydrogen-bond donors (Lipinski definition) is 1. The Labute approximate surface area is 176 Å². The zero-order valence-electron chi connectivity index (χ0n) is 17.3. The molecule has 5 heteroatoms. The molecule has 152 valence electrons. The molecule has 0 saturated heterocycles. The topological polar surface area (TPSA) is 52.7 Å². The number of benzene rings is 3. The van der Waals surface area contributed by atoms with Crippen LogP contribution in [-0.2, 0) is 13.0 Å². The van der Waals surface area contributed by atoms with E-state index in [4.69, 9.17) is 0 Å². The van der Waals surface area contributed by atoms with E-state index in [0.29, 0.717) is 24.2 Å². The first-order valence-electron chi connectivity index (χ1n) is 10.1. The van der Waals surface area contributed by atoms with E-state index >= 15 is 0 Å². The molecule has 5 nitrogen and oxygen atoms in total. The number of rotatable bonds is 5. The zero-order chi connectivity index (χ0) is 21.1. The zero-order valence-corrected chi connectivity index (χ0v) is 17.3. The molecule has 1 aliphatic rings. The second-order valence-corrected chi connectivity index (χ2v) is 7.66. The summed E-state index contributed by atoms with van der Waals surface area (Å²) < 4.78 is 0. The van der Waals surface area contributed by atoms with Gasteiger partial charge in [0.25, 0.3) is 11.8 Å². The molecular weight excluding hydrogens is 374 g/mol. The van der Waals surface area contributed by atoms with Gasteiger partial charge in [0.05, 0.1) is 0 Å². The van der Waals surface area contributed by atoms with Gasteiger partial charge in [-0.25, -0.2) is 0 Å². The van der Waals surface area contributed by atoms with E-state index in [-0.39, 0.29) is 11.8 Å². The first kappa shape index (κ1) is 19.7. The summed E-state index contributed by atoms with van der Waals surface area (Å²) in [6, 6.07) is 23.0. The number of amides is 2. The van der Waals surface area contributed by atoms with Crippen molar-refractivity contribution in [2.75, 3.05) is 30.4 Å². The third kappa shape index (κ3) is 4.06. The minimum atomic E-state index is -0.0971. The molecule has 0 fully saturated rings. The van der Waals surface area contributed by atoms with Crippen LogP contribution in [0.4, 0.5) is 11.4 Å². The fourth-order valence-corrected chi connectivity index (χ4v) is 3.72. The lowest BCUT2D eigenvalue weighted by Crippen LogP contribution is -2.28. The Morgan fingerprint density at radius 1 is 0.933 bits per heavy atom. The Kier molecular flexibility index (Phi) is 5.53. The molecule has 3 aromatic carbocycles. The molecule has 0 unspecified atom stereocenters. The maximum Gasteiger partial charge on any atom is 0.258 e. The first-order chi connectivity index (χ1) is 14.5. The Morgan fingerprint density at radius 2 is 1.70 bits per heavy atom. The minimum Gasteiger partial charge on any atom is -0.378 e. The Morgan fingerprint density at radius 3 is 2.47 bits per heavy atom. The van der Waals surface area contributed by atoms with Gasteiger partial charge in [0, 0.05) is 49.7 Å². The van der Waals surface area contributed by atoms with E-state index in [1.165, 1.54) is 0 Å². The van der Waals surface area contributed by atoms with Crippen molar-refractivity contribution in [3.63, 3.8) is 0 Å². The van der Waals surface area contributed by atoms with Gasteiger partial charge in [-0.3, -0.25) is 9.59 Å². The van der Waals surface area contributed by atoms with E-state index in [0.717, 1.165) is 28.9 Å². The molecule has 0 bridgehead atoms. The van der Waals surface area contributed by atoms with Crippen LogP contribution in [0, 0.1) is 0 Å². The monoisotopic (exact) mass is 399 g/mol. The molecule has 0 atom stereocenters. The third-order valence-corrected chi connectivity index (χ3v) is 5.38. The van der Waals surface area contributed by atoms with Crippen LogP contribution in [0.1, 0.15) is 31.8 Å². The molecule has 1 N–H and O–H groups in total. The number of anilines is 2. The van der Waals surface area contributed by atoms with E-state index in [1.807, 2.05) is 90.6 Å². The third-order valence-electron chi connectivity index (χ3n) is 5.38. The average molecular weight is 399 g/mol. The van der Waals surface area contributed by atoms with Gasteiger partial charge in [-0.05, 0) is 53.9 Å². The van der Waals surface area contributed by atoms with Gasteiger partial charge in [-0.1, -0.05) is 36.4 Å². The highest BCUT2D eigenvalue weighted by molar-refractivity contribution is 6.07. The second kappa shape index (κ2) is 8.41. The van der Waals surface area contributed by atoms with Crippen molar-refractivity contribution in [3.8, 4) is 0 Å². The van der Waals surface area contributed by atoms with Crippen LogP contribution in [0.5, 0.6) is 0 Å². The predicted molar refractivity (Wildman–Crippen MR) is 120 cm³/mol. The van der Waals surface area contributed by atoms with Crippen molar-refractivity contribution in [1.82, 2.24) is 5.32 Å². The van der Waals surface area contributed by atoms with Crippen LogP contribution >= 0.6 is 0 Å². The van der Waals surface area contributed by atoms with Crippen molar-refractivity contribution < 1.29 is 9.59 Å². The van der Waals surface area contributed by atoms with Gasteiger partial charge < -0.3 is 15.1 Å². The fraction of sp³-hybridized carbons (Fsp3) is 0.200. The van der Waals surface area contributed by atoms with Crippen LogP contribution in [0.25, 0.3) is 0 Å². The van der Waals surface area contributed by atoms with Crippen LogP contribution in [0.3, 0.4) is 0 Å². The summed E-state index contributed by atoms with van der Waals surface area (Å²) in [5.74, 6) is -0.0729. The molecule has 1 aliphatic heterocycles. The van der Waals surface area contributed by atoms with Gasteiger partial charge in [0.2, 0.25) is 0 Å². The highest BCUT2D eigenvalue weighted by atomic mass is 16.2. The molecular formula is C25H25N3O2. The second-order valence-electron chi connectivity index (χ2n) is 7.66. The number of carbonyl (C=O) groups excluding carboxylic acids is 2. The normalized spacial score (nSPS) is 12.4. The molecule has 2 amide bonds. The van der Waals surface area contributed by atoms with E-state index in [2.05, 4.69) is 11.4 Å². The van der Waals surface area contributed by atoms with Crippen molar-refractivity contribution in [3.05, 3.63) is 95.1 Å². The SMILES string of the molecule is CN(C)c1cccc(C(=O)NCc2ccc3c(c2)CCN3C(=O)c2ccccc2)c1. The molecule has 0 aromatic heterocycles. The van der Waals surface area contributed by atoms with Gasteiger partial charge >= 0.3 is 0 Å². The summed E-state index contributed by atoms with van der Waals surface area (Å²) in [5, 5.41) is 2.99. The van der Waals surface area contributed by atoms with E-state index < -0.39 is 0 Å². The van der Waals surface area contributed by atoms with Crippen LogP contribution in [0.15, 0.2) is 72.8 Å². The number of hydrogen-bond acceptors (Lipinski definition) is 3. The summed E-state index contributed by atoms with van der Waals surface area (Å²) in [6.45, 7) is 1.13. The van der Waals surface area contributed by atoms with Gasteiger partial charge in [0.15, 0.2) is 0 Å². The Balaban J connectivity index is 1.43. The van der Waals surface area contributed by atoms with Crippen LogP contribution < -0.4 is 15.1 Å². The van der Waals surface area contributed by atoms with Crippen molar-refractivity contribution >= 4 is 23.2 Å². The molecule has 4 rings (SSSR count). The number of fused-ring (bicyclic) bond motifs is 1. The maximum absolute atomic E-state index is 12.8. The van der Waals surface area contributed by atoms with Gasteiger partial charge in [-0.2, -0.15) is 0 Å². The maximum atomic E-state index is 12.8. The lowest BCUT2D eigenvalue weighted by molar-refractivity contribution is 0.0949. The smallest absolute Gasteiger partial charge is 0.258 e. The molecule has 0 spiro atoms. The predicted octanol–water partition coefficient (Wildman–Crippen LogP) is 3.89. The molecule has 3 aromatic rings. The number of carbonyl (C=O) groups is 2. The molecule has 1 heterocycles. The summed E-state index contributed by atoms with van der Waals surface area (Å²) >= 11 is 0. The van der Waals surface area contributed by atoms with E-state index in [9.17, 15) is 9.59 Å². The van der Waals surface area contributed by atoms with E-state index in [1.54, 1.807) is 0 Å². The highest BCUT2D eigenvalue weighted by Crippen LogP contribution is 2.30. The fourth-order valence-electron chi connectivity index (χ4n) is 3.72. The summed E-state index contributed by atoms with van der Waals surface area (Å²) in [7, 11) is 3.90. The van der Waals surface area contributed by atoms with Gasteiger partial charge in [-0.15, -0.1) is 0 Å². The van der Waals surface area contributed by atoms with Crippen molar-refractivity contribution in [2.24, 2.45) is 0 Å². The Hall–Kier alpha value is -3.60. The molecule has 0 aliphatic carbocycles. The Bertz CT molecular complexity index is 1080. The minimum absolute atomic E-state index is 0.0242. The van der Waals surface area contributed by atoms with Crippen molar-refractivity contribution in [2.45, 2.75) is 13.0 Å².